The molecule has 0 saturated carbocycles. The molecule has 4 saturated heterocycles. The number of rotatable bonds is 6. The van der Waals surface area contributed by atoms with Crippen LogP contribution in [0.4, 0.5) is 0 Å². The molecule has 4 fully saturated rings. The first kappa shape index (κ1) is 18.0. The van der Waals surface area contributed by atoms with Crippen molar-refractivity contribution < 1.29 is 4.79 Å². The zero-order chi connectivity index (χ0) is 17.8. The van der Waals surface area contributed by atoms with Gasteiger partial charge in [-0.25, -0.2) is 0 Å². The largest absolute Gasteiger partial charge is 0.340 e. The van der Waals surface area contributed by atoms with Crippen LogP contribution in [0.25, 0.3) is 0 Å². The molecule has 26 heavy (non-hydrogen) atoms. The summed E-state index contributed by atoms with van der Waals surface area (Å²) in [4.78, 5) is 19.9. The minimum atomic E-state index is 0.367. The molecule has 4 aliphatic rings. The van der Waals surface area contributed by atoms with E-state index in [-0.39, 0.29) is 0 Å². The Morgan fingerprint density at radius 1 is 0.923 bits per heavy atom. The zero-order valence-corrected chi connectivity index (χ0v) is 16.0. The first-order chi connectivity index (χ1) is 12.8. The van der Waals surface area contributed by atoms with Gasteiger partial charge >= 0.3 is 0 Å². The summed E-state index contributed by atoms with van der Waals surface area (Å²) in [6.45, 7) is 7.89. The molecule has 142 valence electrons. The summed E-state index contributed by atoms with van der Waals surface area (Å²) in [5.74, 6) is 1.27. The first-order valence-corrected chi connectivity index (χ1v) is 10.6. The molecular formula is C22H33N3O. The van der Waals surface area contributed by atoms with Crippen LogP contribution in [-0.4, -0.2) is 72.5 Å². The highest BCUT2D eigenvalue weighted by atomic mass is 16.2. The lowest BCUT2D eigenvalue weighted by Gasteiger charge is -2.51. The summed E-state index contributed by atoms with van der Waals surface area (Å²) in [5.41, 5.74) is 1.38. The van der Waals surface area contributed by atoms with Gasteiger partial charge < -0.3 is 9.80 Å². The first-order valence-electron chi connectivity index (χ1n) is 10.6. The van der Waals surface area contributed by atoms with Crippen molar-refractivity contribution in [3.8, 4) is 0 Å². The predicted molar refractivity (Wildman–Crippen MR) is 105 cm³/mol. The molecule has 1 amide bonds. The van der Waals surface area contributed by atoms with Gasteiger partial charge in [-0.2, -0.15) is 0 Å². The number of carbonyl (C=O) groups is 1. The molecule has 5 rings (SSSR count). The van der Waals surface area contributed by atoms with Crippen molar-refractivity contribution in [1.29, 1.82) is 0 Å². The molecule has 1 aromatic rings. The molecule has 0 radical (unpaired) electrons. The number of fused-ring (bicyclic) bond motifs is 3. The van der Waals surface area contributed by atoms with Gasteiger partial charge in [0.2, 0.25) is 5.91 Å². The summed E-state index contributed by atoms with van der Waals surface area (Å²) in [6, 6.07) is 11.3. The van der Waals surface area contributed by atoms with Crippen LogP contribution in [0.2, 0.25) is 0 Å². The Morgan fingerprint density at radius 3 is 2.31 bits per heavy atom. The van der Waals surface area contributed by atoms with Crippen molar-refractivity contribution in [2.24, 2.45) is 5.92 Å². The SMILES string of the molecule is O=C(CCCCc1ccccc1)N1CCN([C@@H]2CN3CCC2CC3)CC1. The highest BCUT2D eigenvalue weighted by Gasteiger charge is 2.38. The van der Waals surface area contributed by atoms with Crippen LogP contribution in [0.3, 0.4) is 0 Å². The van der Waals surface area contributed by atoms with Gasteiger partial charge in [0.1, 0.15) is 0 Å². The maximum Gasteiger partial charge on any atom is 0.222 e. The Labute approximate surface area is 158 Å². The number of aryl methyl sites for hydroxylation is 1. The molecule has 0 unspecified atom stereocenters. The van der Waals surface area contributed by atoms with Crippen LogP contribution in [0, 0.1) is 5.92 Å². The molecule has 4 heterocycles. The number of unbranched alkanes of at least 4 members (excludes halogenated alkanes) is 1. The van der Waals surface area contributed by atoms with Crippen LogP contribution >= 0.6 is 0 Å². The second-order valence-corrected chi connectivity index (χ2v) is 8.31. The van der Waals surface area contributed by atoms with E-state index in [9.17, 15) is 4.79 Å². The van der Waals surface area contributed by atoms with Gasteiger partial charge in [0.25, 0.3) is 0 Å². The average Bonchev–Trinajstić information content (AvgIpc) is 2.73. The normalized spacial score (nSPS) is 29.1. The van der Waals surface area contributed by atoms with Crippen LogP contribution in [0.15, 0.2) is 30.3 Å². The van der Waals surface area contributed by atoms with E-state index in [0.29, 0.717) is 12.3 Å². The van der Waals surface area contributed by atoms with E-state index >= 15 is 0 Å². The lowest BCUT2D eigenvalue weighted by Crippen LogP contribution is -2.61. The van der Waals surface area contributed by atoms with E-state index in [1.165, 1.54) is 38.0 Å². The topological polar surface area (TPSA) is 26.8 Å². The monoisotopic (exact) mass is 355 g/mol. The lowest BCUT2D eigenvalue weighted by molar-refractivity contribution is -0.134. The van der Waals surface area contributed by atoms with Crippen LogP contribution < -0.4 is 0 Å². The maximum absolute atomic E-state index is 12.5. The Morgan fingerprint density at radius 2 is 1.65 bits per heavy atom. The molecule has 1 atom stereocenters. The number of hydrogen-bond donors (Lipinski definition) is 0. The van der Waals surface area contributed by atoms with E-state index in [1.807, 2.05) is 0 Å². The summed E-state index contributed by atoms with van der Waals surface area (Å²) in [7, 11) is 0. The van der Waals surface area contributed by atoms with E-state index in [1.54, 1.807) is 0 Å². The van der Waals surface area contributed by atoms with E-state index in [4.69, 9.17) is 0 Å². The van der Waals surface area contributed by atoms with Crippen molar-refractivity contribution >= 4 is 5.91 Å². The van der Waals surface area contributed by atoms with Crippen LogP contribution in [0.1, 0.15) is 37.7 Å². The highest BCUT2D eigenvalue weighted by Crippen LogP contribution is 2.31. The summed E-state index contributed by atoms with van der Waals surface area (Å²) in [6.07, 6.45) is 6.67. The molecule has 4 heteroatoms. The zero-order valence-electron chi connectivity index (χ0n) is 16.0. The van der Waals surface area contributed by atoms with E-state index < -0.39 is 0 Å². The Bertz CT molecular complexity index is 574. The third kappa shape index (κ3) is 4.29. The Hall–Kier alpha value is -1.39. The quantitative estimate of drug-likeness (QED) is 0.734. The molecule has 4 aliphatic heterocycles. The second-order valence-electron chi connectivity index (χ2n) is 8.31. The van der Waals surface area contributed by atoms with Gasteiger partial charge in [-0.15, -0.1) is 0 Å². The average molecular weight is 356 g/mol. The fourth-order valence-corrected chi connectivity index (χ4v) is 5.06. The third-order valence-electron chi connectivity index (χ3n) is 6.71. The lowest BCUT2D eigenvalue weighted by atomic mass is 9.83. The summed E-state index contributed by atoms with van der Waals surface area (Å²) in [5, 5.41) is 0. The van der Waals surface area contributed by atoms with Gasteiger partial charge in [0.15, 0.2) is 0 Å². The fraction of sp³-hybridized carbons (Fsp3) is 0.682. The number of piperidine rings is 3. The van der Waals surface area contributed by atoms with Gasteiger partial charge in [-0.1, -0.05) is 30.3 Å². The fourth-order valence-electron chi connectivity index (χ4n) is 5.06. The smallest absolute Gasteiger partial charge is 0.222 e. The molecule has 0 aromatic heterocycles. The summed E-state index contributed by atoms with van der Waals surface area (Å²) < 4.78 is 0. The van der Waals surface area contributed by atoms with Crippen LogP contribution in [-0.2, 0) is 11.2 Å². The molecular weight excluding hydrogens is 322 g/mol. The van der Waals surface area contributed by atoms with Crippen LogP contribution in [0.5, 0.6) is 0 Å². The Balaban J connectivity index is 1.16. The number of carbonyl (C=O) groups excluding carboxylic acids is 1. The minimum Gasteiger partial charge on any atom is -0.340 e. The number of piperazine rings is 1. The van der Waals surface area contributed by atoms with Gasteiger partial charge in [-0.3, -0.25) is 9.69 Å². The minimum absolute atomic E-state index is 0.367. The molecule has 0 spiro atoms. The number of hydrogen-bond acceptors (Lipinski definition) is 3. The summed E-state index contributed by atoms with van der Waals surface area (Å²) >= 11 is 0. The van der Waals surface area contributed by atoms with Crippen molar-refractivity contribution in [3.05, 3.63) is 35.9 Å². The maximum atomic E-state index is 12.5. The Kier molecular flexibility index (Phi) is 5.91. The molecule has 0 N–H and O–H groups in total. The van der Waals surface area contributed by atoms with Crippen molar-refractivity contribution in [1.82, 2.24) is 14.7 Å². The van der Waals surface area contributed by atoms with Gasteiger partial charge in [0, 0.05) is 45.2 Å². The standard InChI is InChI=1S/C22H33N3O/c26-22(9-5-4-8-19-6-2-1-3-7-19)25-16-14-24(15-17-25)21-18-23-12-10-20(21)11-13-23/h1-3,6-7,20-21H,4-5,8-18H2/t21-/m1/s1. The van der Waals surface area contributed by atoms with Gasteiger partial charge in [0.05, 0.1) is 0 Å². The van der Waals surface area contributed by atoms with E-state index in [0.717, 1.165) is 57.4 Å². The van der Waals surface area contributed by atoms with Crippen molar-refractivity contribution in [2.45, 2.75) is 44.6 Å². The molecule has 0 aliphatic carbocycles. The number of benzene rings is 1. The molecule has 4 nitrogen and oxygen atoms in total. The number of amides is 1. The van der Waals surface area contributed by atoms with Crippen molar-refractivity contribution in [2.75, 3.05) is 45.8 Å². The third-order valence-corrected chi connectivity index (χ3v) is 6.71. The highest BCUT2D eigenvalue weighted by molar-refractivity contribution is 5.76. The predicted octanol–water partition coefficient (Wildman–Crippen LogP) is 2.64. The molecule has 2 bridgehead atoms. The van der Waals surface area contributed by atoms with Crippen molar-refractivity contribution in [3.63, 3.8) is 0 Å². The molecule has 1 aromatic carbocycles. The van der Waals surface area contributed by atoms with Gasteiger partial charge in [-0.05, 0) is 56.7 Å². The second kappa shape index (κ2) is 8.53. The van der Waals surface area contributed by atoms with E-state index in [2.05, 4.69) is 45.0 Å². The number of nitrogens with zero attached hydrogens (tertiary/aromatic N) is 3.